The molecule has 32 heavy (non-hydrogen) atoms. The zero-order chi connectivity index (χ0) is 22.9. The molecular formula is C25H32ClN3O3. The summed E-state index contributed by atoms with van der Waals surface area (Å²) >= 11 is 5.98. The summed E-state index contributed by atoms with van der Waals surface area (Å²) in [6, 6.07) is 16.5. The normalized spacial score (nSPS) is 15.8. The van der Waals surface area contributed by atoms with Crippen LogP contribution in [0.1, 0.15) is 25.8 Å². The average Bonchev–Trinajstić information content (AvgIpc) is 3.03. The predicted octanol–water partition coefficient (Wildman–Crippen LogP) is 3.59. The van der Waals surface area contributed by atoms with Gasteiger partial charge in [0.15, 0.2) is 6.61 Å². The third kappa shape index (κ3) is 7.24. The van der Waals surface area contributed by atoms with E-state index in [9.17, 15) is 9.59 Å². The molecule has 1 aliphatic rings. The second-order valence-electron chi connectivity index (χ2n) is 8.47. The van der Waals surface area contributed by atoms with Crippen LogP contribution in [0.25, 0.3) is 0 Å². The van der Waals surface area contributed by atoms with E-state index in [1.807, 2.05) is 61.2 Å². The molecule has 2 amide bonds. The van der Waals surface area contributed by atoms with Gasteiger partial charge in [0.1, 0.15) is 11.8 Å². The van der Waals surface area contributed by atoms with Gasteiger partial charge in [0.2, 0.25) is 5.91 Å². The highest BCUT2D eigenvalue weighted by atomic mass is 35.5. The van der Waals surface area contributed by atoms with E-state index >= 15 is 0 Å². The fourth-order valence-electron chi connectivity index (χ4n) is 3.79. The maximum Gasteiger partial charge on any atom is 0.258 e. The quantitative estimate of drug-likeness (QED) is 0.658. The number of nitrogens with one attached hydrogen (secondary N) is 1. The van der Waals surface area contributed by atoms with E-state index < -0.39 is 6.04 Å². The lowest BCUT2D eigenvalue weighted by Crippen LogP contribution is -2.52. The van der Waals surface area contributed by atoms with Crippen molar-refractivity contribution in [2.75, 3.05) is 32.8 Å². The largest absolute Gasteiger partial charge is 0.484 e. The number of carbonyl (C=O) groups excluding carboxylic acids is 2. The standard InChI is InChI=1S/C25H32ClN3O3/c1-19(2)24(27-23(30)18-32-22-7-4-3-5-8-22)25(31)29-14-6-13-28(15-16-29)17-20-9-11-21(26)12-10-20/h3-5,7-12,19,24H,6,13-18H2,1-2H3,(H,27,30). The first-order chi connectivity index (χ1) is 15.4. The van der Waals surface area contributed by atoms with E-state index in [-0.39, 0.29) is 24.3 Å². The first-order valence-corrected chi connectivity index (χ1v) is 11.5. The maximum atomic E-state index is 13.2. The molecule has 1 aliphatic heterocycles. The van der Waals surface area contributed by atoms with Crippen molar-refractivity contribution in [1.82, 2.24) is 15.1 Å². The van der Waals surface area contributed by atoms with Crippen LogP contribution < -0.4 is 10.1 Å². The first kappa shape index (κ1) is 24.1. The third-order valence-corrected chi connectivity index (χ3v) is 5.83. The van der Waals surface area contributed by atoms with Crippen molar-refractivity contribution < 1.29 is 14.3 Å². The van der Waals surface area contributed by atoms with Crippen LogP contribution in [0.15, 0.2) is 54.6 Å². The van der Waals surface area contributed by atoms with Gasteiger partial charge in [0.05, 0.1) is 0 Å². The molecule has 0 spiro atoms. The van der Waals surface area contributed by atoms with Gasteiger partial charge in [-0.3, -0.25) is 14.5 Å². The fraction of sp³-hybridized carbons (Fsp3) is 0.440. The Balaban J connectivity index is 1.52. The maximum absolute atomic E-state index is 13.2. The fourth-order valence-corrected chi connectivity index (χ4v) is 3.91. The zero-order valence-electron chi connectivity index (χ0n) is 18.8. The van der Waals surface area contributed by atoms with Crippen molar-refractivity contribution in [2.24, 2.45) is 5.92 Å². The highest BCUT2D eigenvalue weighted by Crippen LogP contribution is 2.15. The lowest BCUT2D eigenvalue weighted by atomic mass is 10.0. The van der Waals surface area contributed by atoms with Crippen molar-refractivity contribution in [3.63, 3.8) is 0 Å². The number of ether oxygens (including phenoxy) is 1. The van der Waals surface area contributed by atoms with Crippen LogP contribution in [0.3, 0.4) is 0 Å². The number of carbonyl (C=O) groups is 2. The smallest absolute Gasteiger partial charge is 0.258 e. The van der Waals surface area contributed by atoms with Crippen molar-refractivity contribution in [3.05, 3.63) is 65.2 Å². The van der Waals surface area contributed by atoms with Gasteiger partial charge < -0.3 is 15.0 Å². The number of benzene rings is 2. The molecule has 2 aromatic rings. The Morgan fingerprint density at radius 2 is 1.72 bits per heavy atom. The van der Waals surface area contributed by atoms with Crippen LogP contribution in [-0.2, 0) is 16.1 Å². The molecule has 1 heterocycles. The highest BCUT2D eigenvalue weighted by molar-refractivity contribution is 6.30. The van der Waals surface area contributed by atoms with Gasteiger partial charge in [-0.2, -0.15) is 0 Å². The second kappa shape index (κ2) is 11.9. The van der Waals surface area contributed by atoms with Gasteiger partial charge in [-0.05, 0) is 42.2 Å². The van der Waals surface area contributed by atoms with Gasteiger partial charge in [0, 0.05) is 37.7 Å². The van der Waals surface area contributed by atoms with Crippen LogP contribution in [-0.4, -0.2) is 60.4 Å². The summed E-state index contributed by atoms with van der Waals surface area (Å²) in [5.74, 6) is 0.293. The predicted molar refractivity (Wildman–Crippen MR) is 127 cm³/mol. The Hall–Kier alpha value is -2.57. The summed E-state index contributed by atoms with van der Waals surface area (Å²) in [4.78, 5) is 29.9. The van der Waals surface area contributed by atoms with Crippen LogP contribution >= 0.6 is 11.6 Å². The van der Waals surface area contributed by atoms with Crippen LogP contribution in [0, 0.1) is 5.92 Å². The summed E-state index contributed by atoms with van der Waals surface area (Å²) in [6.45, 7) is 7.68. The van der Waals surface area contributed by atoms with E-state index in [0.29, 0.717) is 18.8 Å². The van der Waals surface area contributed by atoms with Crippen molar-refractivity contribution in [1.29, 1.82) is 0 Å². The molecule has 7 heteroatoms. The van der Waals surface area contributed by atoms with Gasteiger partial charge >= 0.3 is 0 Å². The third-order valence-electron chi connectivity index (χ3n) is 5.58. The number of hydrogen-bond donors (Lipinski definition) is 1. The topological polar surface area (TPSA) is 61.9 Å². The lowest BCUT2D eigenvalue weighted by Gasteiger charge is -2.29. The van der Waals surface area contributed by atoms with Crippen LogP contribution in [0.4, 0.5) is 0 Å². The molecule has 0 bridgehead atoms. The molecule has 0 aliphatic carbocycles. The molecule has 1 saturated heterocycles. The minimum absolute atomic E-state index is 0.0170. The molecule has 0 saturated carbocycles. The monoisotopic (exact) mass is 457 g/mol. The molecule has 1 unspecified atom stereocenters. The van der Waals surface area contributed by atoms with Gasteiger partial charge in [-0.1, -0.05) is 55.8 Å². The second-order valence-corrected chi connectivity index (χ2v) is 8.91. The van der Waals surface area contributed by atoms with Crippen LogP contribution in [0.2, 0.25) is 5.02 Å². The molecule has 0 radical (unpaired) electrons. The van der Waals surface area contributed by atoms with E-state index in [1.54, 1.807) is 12.1 Å². The molecule has 2 aromatic carbocycles. The Kier molecular flexibility index (Phi) is 8.94. The van der Waals surface area contributed by atoms with Gasteiger partial charge in [-0.25, -0.2) is 0 Å². The molecule has 1 fully saturated rings. The number of nitrogens with zero attached hydrogens (tertiary/aromatic N) is 2. The number of amides is 2. The lowest BCUT2D eigenvalue weighted by molar-refractivity contribution is -0.138. The number of para-hydroxylation sites is 1. The number of rotatable bonds is 8. The van der Waals surface area contributed by atoms with Crippen molar-refractivity contribution in [3.8, 4) is 5.75 Å². The number of halogens is 1. The Labute approximate surface area is 195 Å². The molecule has 6 nitrogen and oxygen atoms in total. The molecule has 1 N–H and O–H groups in total. The van der Waals surface area contributed by atoms with Crippen LogP contribution in [0.5, 0.6) is 5.75 Å². The van der Waals surface area contributed by atoms with E-state index in [0.717, 1.165) is 31.1 Å². The highest BCUT2D eigenvalue weighted by Gasteiger charge is 2.30. The van der Waals surface area contributed by atoms with E-state index in [2.05, 4.69) is 10.2 Å². The molecule has 3 rings (SSSR count). The SMILES string of the molecule is CC(C)C(NC(=O)COc1ccccc1)C(=O)N1CCCN(Cc2ccc(Cl)cc2)CC1. The van der Waals surface area contributed by atoms with E-state index in [1.165, 1.54) is 5.56 Å². The Bertz CT molecular complexity index is 874. The molecule has 172 valence electrons. The van der Waals surface area contributed by atoms with Gasteiger partial charge in [0.25, 0.3) is 5.91 Å². The zero-order valence-corrected chi connectivity index (χ0v) is 19.6. The average molecular weight is 458 g/mol. The summed E-state index contributed by atoms with van der Waals surface area (Å²) in [5, 5.41) is 3.61. The minimum Gasteiger partial charge on any atom is -0.484 e. The van der Waals surface area contributed by atoms with Crippen molar-refractivity contribution in [2.45, 2.75) is 32.9 Å². The Morgan fingerprint density at radius 1 is 1.00 bits per heavy atom. The summed E-state index contributed by atoms with van der Waals surface area (Å²) in [6.07, 6.45) is 0.898. The number of hydrogen-bond acceptors (Lipinski definition) is 4. The summed E-state index contributed by atoms with van der Waals surface area (Å²) < 4.78 is 5.52. The van der Waals surface area contributed by atoms with Gasteiger partial charge in [-0.15, -0.1) is 0 Å². The minimum atomic E-state index is -0.565. The summed E-state index contributed by atoms with van der Waals surface area (Å²) in [7, 11) is 0. The van der Waals surface area contributed by atoms with E-state index in [4.69, 9.17) is 16.3 Å². The molecular weight excluding hydrogens is 426 g/mol. The molecule has 1 atom stereocenters. The Morgan fingerprint density at radius 3 is 2.41 bits per heavy atom. The summed E-state index contributed by atoms with van der Waals surface area (Å²) in [5.41, 5.74) is 1.21. The molecule has 0 aromatic heterocycles. The van der Waals surface area contributed by atoms with Crippen molar-refractivity contribution >= 4 is 23.4 Å². The first-order valence-electron chi connectivity index (χ1n) is 11.1.